The number of rotatable bonds is 3. The molecule has 0 spiro atoms. The number of aliphatic hydroxyl groups is 1. The normalized spacial score (nSPS) is 20.0. The number of aliphatic hydroxyl groups excluding tert-OH is 1. The van der Waals surface area contributed by atoms with Gasteiger partial charge in [0.05, 0.1) is 16.8 Å². The monoisotopic (exact) mass is 287 g/mol. The van der Waals surface area contributed by atoms with Crippen LogP contribution in [0.5, 0.6) is 0 Å². The number of benzene rings is 1. The Morgan fingerprint density at radius 1 is 1.47 bits per heavy atom. The molecule has 1 atom stereocenters. The lowest BCUT2D eigenvalue weighted by Crippen LogP contribution is -2.22. The summed E-state index contributed by atoms with van der Waals surface area (Å²) in [6, 6.07) is 2.84. The molecule has 19 heavy (non-hydrogen) atoms. The van der Waals surface area contributed by atoms with Gasteiger partial charge in [0.25, 0.3) is 0 Å². The molecule has 1 fully saturated rings. The van der Waals surface area contributed by atoms with Gasteiger partial charge in [-0.25, -0.2) is 12.8 Å². The van der Waals surface area contributed by atoms with Gasteiger partial charge in [0.1, 0.15) is 5.82 Å². The zero-order valence-corrected chi connectivity index (χ0v) is 11.9. The molecule has 106 valence electrons. The van der Waals surface area contributed by atoms with Crippen LogP contribution in [0, 0.1) is 12.7 Å². The highest BCUT2D eigenvalue weighted by Gasteiger charge is 2.24. The van der Waals surface area contributed by atoms with E-state index in [0.29, 0.717) is 25.2 Å². The predicted octanol–water partition coefficient (Wildman–Crippen LogP) is 1.50. The molecule has 0 radical (unpaired) electrons. The van der Waals surface area contributed by atoms with Crippen LogP contribution in [0.3, 0.4) is 0 Å². The number of anilines is 1. The van der Waals surface area contributed by atoms with Gasteiger partial charge in [0.2, 0.25) is 0 Å². The van der Waals surface area contributed by atoms with E-state index in [1.54, 1.807) is 6.92 Å². The molecule has 6 heteroatoms. The molecule has 1 aliphatic heterocycles. The standard InChI is InChI=1S/C13H18FNO3S/c1-3-19(17,18)13-7-10(6-12(14)9(13)2)15-5-4-11(16)8-15/h6-7,11,16H,3-5,8H2,1-2H3/t11-/m1/s1. The molecule has 0 amide bonds. The summed E-state index contributed by atoms with van der Waals surface area (Å²) in [5, 5.41) is 9.51. The second-order valence-corrected chi connectivity index (χ2v) is 7.09. The van der Waals surface area contributed by atoms with Crippen molar-refractivity contribution in [2.75, 3.05) is 23.7 Å². The zero-order valence-electron chi connectivity index (χ0n) is 11.1. The summed E-state index contributed by atoms with van der Waals surface area (Å²) >= 11 is 0. The summed E-state index contributed by atoms with van der Waals surface area (Å²) < 4.78 is 37.8. The fourth-order valence-electron chi connectivity index (χ4n) is 2.28. The molecule has 1 aromatic carbocycles. The Kier molecular flexibility index (Phi) is 3.82. The molecule has 0 unspecified atom stereocenters. The summed E-state index contributed by atoms with van der Waals surface area (Å²) in [6.07, 6.45) is 0.182. The topological polar surface area (TPSA) is 57.6 Å². The quantitative estimate of drug-likeness (QED) is 0.915. The third kappa shape index (κ3) is 2.74. The van der Waals surface area contributed by atoms with E-state index in [1.165, 1.54) is 19.1 Å². The lowest BCUT2D eigenvalue weighted by molar-refractivity contribution is 0.198. The van der Waals surface area contributed by atoms with Crippen molar-refractivity contribution in [2.24, 2.45) is 0 Å². The fourth-order valence-corrected chi connectivity index (χ4v) is 3.45. The molecule has 2 rings (SSSR count). The maximum Gasteiger partial charge on any atom is 0.178 e. The number of nitrogens with zero attached hydrogens (tertiary/aromatic N) is 1. The molecule has 1 N–H and O–H groups in total. The summed E-state index contributed by atoms with van der Waals surface area (Å²) in [4.78, 5) is 1.85. The highest BCUT2D eigenvalue weighted by atomic mass is 32.2. The Morgan fingerprint density at radius 3 is 2.68 bits per heavy atom. The molecule has 0 aromatic heterocycles. The van der Waals surface area contributed by atoms with Gasteiger partial charge in [0, 0.05) is 24.3 Å². The maximum absolute atomic E-state index is 13.9. The van der Waals surface area contributed by atoms with Crippen LogP contribution >= 0.6 is 0 Å². The van der Waals surface area contributed by atoms with E-state index in [9.17, 15) is 17.9 Å². The summed E-state index contributed by atoms with van der Waals surface area (Å²) in [5.74, 6) is -0.578. The van der Waals surface area contributed by atoms with Crippen molar-refractivity contribution < 1.29 is 17.9 Å². The largest absolute Gasteiger partial charge is 0.391 e. The minimum atomic E-state index is -3.45. The minimum Gasteiger partial charge on any atom is -0.391 e. The summed E-state index contributed by atoms with van der Waals surface area (Å²) in [6.45, 7) is 4.03. The summed E-state index contributed by atoms with van der Waals surface area (Å²) in [5.41, 5.74) is 0.678. The van der Waals surface area contributed by atoms with Gasteiger partial charge in [-0.3, -0.25) is 0 Å². The van der Waals surface area contributed by atoms with E-state index < -0.39 is 21.8 Å². The van der Waals surface area contributed by atoms with Crippen LogP contribution in [0.25, 0.3) is 0 Å². The molecule has 1 aliphatic rings. The number of β-amino-alcohol motifs (C(OH)–C–C–N with tert-alkyl or cyclic N) is 1. The van der Waals surface area contributed by atoms with Gasteiger partial charge in [-0.05, 0) is 25.5 Å². The van der Waals surface area contributed by atoms with E-state index >= 15 is 0 Å². The number of hydrogen-bond donors (Lipinski definition) is 1. The second kappa shape index (κ2) is 5.09. The van der Waals surface area contributed by atoms with Crippen LogP contribution in [0.2, 0.25) is 0 Å². The Bertz CT molecular complexity index is 586. The number of halogens is 1. The molecular weight excluding hydrogens is 269 g/mol. The Labute approximate surface area is 112 Å². The SMILES string of the molecule is CCS(=O)(=O)c1cc(N2CC[C@@H](O)C2)cc(F)c1C. The van der Waals surface area contributed by atoms with Crippen LogP contribution in [-0.4, -0.2) is 38.5 Å². The van der Waals surface area contributed by atoms with E-state index in [0.717, 1.165) is 0 Å². The smallest absolute Gasteiger partial charge is 0.178 e. The molecule has 0 bridgehead atoms. The molecule has 1 aromatic rings. The second-order valence-electron chi connectivity index (χ2n) is 4.84. The predicted molar refractivity (Wildman–Crippen MR) is 71.7 cm³/mol. The maximum atomic E-state index is 13.9. The van der Waals surface area contributed by atoms with Crippen LogP contribution in [0.1, 0.15) is 18.9 Å². The van der Waals surface area contributed by atoms with Crippen molar-refractivity contribution in [1.29, 1.82) is 0 Å². The van der Waals surface area contributed by atoms with Gasteiger partial charge < -0.3 is 10.0 Å². The molecule has 0 saturated carbocycles. The molecule has 0 aliphatic carbocycles. The van der Waals surface area contributed by atoms with Crippen LogP contribution in [0.15, 0.2) is 17.0 Å². The first kappa shape index (κ1) is 14.3. The number of hydrogen-bond acceptors (Lipinski definition) is 4. The third-order valence-corrected chi connectivity index (χ3v) is 5.38. The third-order valence-electron chi connectivity index (χ3n) is 3.53. The van der Waals surface area contributed by atoms with Crippen molar-refractivity contribution in [3.8, 4) is 0 Å². The fraction of sp³-hybridized carbons (Fsp3) is 0.538. The van der Waals surface area contributed by atoms with Gasteiger partial charge in [-0.2, -0.15) is 0 Å². The molecular formula is C13H18FNO3S. The average Bonchev–Trinajstić information content (AvgIpc) is 2.79. The zero-order chi connectivity index (χ0) is 14.2. The Morgan fingerprint density at radius 2 is 2.16 bits per heavy atom. The van der Waals surface area contributed by atoms with Crippen LogP contribution < -0.4 is 4.90 Å². The van der Waals surface area contributed by atoms with Crippen molar-refractivity contribution in [3.63, 3.8) is 0 Å². The van der Waals surface area contributed by atoms with Crippen molar-refractivity contribution in [1.82, 2.24) is 0 Å². The van der Waals surface area contributed by atoms with E-state index in [-0.39, 0.29) is 16.2 Å². The van der Waals surface area contributed by atoms with E-state index in [2.05, 4.69) is 0 Å². The minimum absolute atomic E-state index is 0.0476. The highest BCUT2D eigenvalue weighted by Crippen LogP contribution is 2.28. The summed E-state index contributed by atoms with van der Waals surface area (Å²) in [7, 11) is -3.45. The first-order valence-corrected chi connectivity index (χ1v) is 7.96. The van der Waals surface area contributed by atoms with Crippen LogP contribution in [0.4, 0.5) is 10.1 Å². The van der Waals surface area contributed by atoms with Crippen LogP contribution in [-0.2, 0) is 9.84 Å². The molecule has 1 saturated heterocycles. The highest BCUT2D eigenvalue weighted by molar-refractivity contribution is 7.91. The van der Waals surface area contributed by atoms with Gasteiger partial charge in [0.15, 0.2) is 9.84 Å². The van der Waals surface area contributed by atoms with Gasteiger partial charge in [-0.15, -0.1) is 0 Å². The Hall–Kier alpha value is -1.14. The van der Waals surface area contributed by atoms with E-state index in [4.69, 9.17) is 0 Å². The van der Waals surface area contributed by atoms with Crippen molar-refractivity contribution >= 4 is 15.5 Å². The Balaban J connectivity index is 2.48. The first-order chi connectivity index (χ1) is 8.85. The average molecular weight is 287 g/mol. The van der Waals surface area contributed by atoms with E-state index in [1.807, 2.05) is 4.90 Å². The molecule has 4 nitrogen and oxygen atoms in total. The lowest BCUT2D eigenvalue weighted by Gasteiger charge is -2.20. The van der Waals surface area contributed by atoms with Crippen molar-refractivity contribution in [3.05, 3.63) is 23.5 Å². The van der Waals surface area contributed by atoms with Gasteiger partial charge in [-0.1, -0.05) is 6.92 Å². The van der Waals surface area contributed by atoms with Gasteiger partial charge >= 0.3 is 0 Å². The first-order valence-electron chi connectivity index (χ1n) is 6.31. The number of sulfone groups is 1. The van der Waals surface area contributed by atoms with Crippen molar-refractivity contribution in [2.45, 2.75) is 31.3 Å². The molecule has 1 heterocycles. The lowest BCUT2D eigenvalue weighted by atomic mass is 10.2.